The normalized spacial score (nSPS) is 14.1. The summed E-state index contributed by atoms with van der Waals surface area (Å²) >= 11 is 0. The summed E-state index contributed by atoms with van der Waals surface area (Å²) in [6.07, 6.45) is 0.260. The summed E-state index contributed by atoms with van der Waals surface area (Å²) in [5.74, 6) is 0. The van der Waals surface area contributed by atoms with Gasteiger partial charge in [-0.1, -0.05) is 0 Å². The van der Waals surface area contributed by atoms with E-state index in [0.717, 1.165) is 0 Å². The lowest BCUT2D eigenvalue weighted by Crippen LogP contribution is -2.24. The summed E-state index contributed by atoms with van der Waals surface area (Å²) < 4.78 is 11.2. The van der Waals surface area contributed by atoms with Gasteiger partial charge in [-0.3, -0.25) is 4.39 Å². The molecule has 44 valence electrons. The maximum atomic E-state index is 11.2. The van der Waals surface area contributed by atoms with Crippen LogP contribution in [-0.2, 0) is 0 Å². The summed E-state index contributed by atoms with van der Waals surface area (Å²) in [4.78, 5) is 0. The van der Waals surface area contributed by atoms with E-state index >= 15 is 0 Å². The number of aliphatic hydroxyl groups is 1. The second-order valence-electron chi connectivity index (χ2n) is 1.42. The van der Waals surface area contributed by atoms with Crippen molar-refractivity contribution < 1.29 is 9.50 Å². The molecule has 0 saturated carbocycles. The predicted octanol–water partition coefficient (Wildman–Crippen LogP) is -0.334. The van der Waals surface area contributed by atoms with Crippen LogP contribution in [-0.4, -0.2) is 24.4 Å². The molecule has 0 radical (unpaired) electrons. The molecule has 0 aromatic heterocycles. The number of hydrogen-bond donors (Lipinski definition) is 2. The van der Waals surface area contributed by atoms with Crippen molar-refractivity contribution >= 4 is 0 Å². The second kappa shape index (κ2) is 4.02. The molecular weight excluding hydrogens is 97.0 g/mol. The van der Waals surface area contributed by atoms with E-state index in [0.29, 0.717) is 0 Å². The largest absolute Gasteiger partial charge is 0.395 e. The summed E-state index contributed by atoms with van der Waals surface area (Å²) in [6.45, 7) is -0.564. The van der Waals surface area contributed by atoms with E-state index in [1.54, 1.807) is 0 Å². The van der Waals surface area contributed by atoms with Gasteiger partial charge in [0.15, 0.2) is 0 Å². The fourth-order valence-corrected chi connectivity index (χ4v) is 0.231. The maximum absolute atomic E-state index is 11.2. The van der Waals surface area contributed by atoms with Crippen molar-refractivity contribution in [3.05, 3.63) is 0 Å². The minimum absolute atomic E-state index is 0.121. The molecule has 0 aromatic rings. The highest BCUT2D eigenvalue weighted by molar-refractivity contribution is 4.55. The fraction of sp³-hybridized carbons (Fsp3) is 1.00. The fourth-order valence-electron chi connectivity index (χ4n) is 0.231. The number of halogens is 1. The predicted molar refractivity (Wildman–Crippen MR) is 25.7 cm³/mol. The summed E-state index contributed by atoms with van der Waals surface area (Å²) in [7, 11) is 0. The number of aliphatic hydroxyl groups excluding tert-OH is 1. The van der Waals surface area contributed by atoms with E-state index in [1.807, 2.05) is 0 Å². The molecule has 0 heterocycles. The van der Waals surface area contributed by atoms with Crippen molar-refractivity contribution in [3.8, 4) is 0 Å². The first-order valence-corrected chi connectivity index (χ1v) is 2.23. The van der Waals surface area contributed by atoms with Gasteiger partial charge in [0.2, 0.25) is 0 Å². The monoisotopic (exact) mass is 107 g/mol. The Hall–Kier alpha value is -0.150. The first-order chi connectivity index (χ1) is 3.31. The van der Waals surface area contributed by atoms with Crippen LogP contribution in [0.3, 0.4) is 0 Å². The van der Waals surface area contributed by atoms with Crippen LogP contribution in [0.5, 0.6) is 0 Å². The molecule has 0 rings (SSSR count). The molecule has 2 nitrogen and oxygen atoms in total. The van der Waals surface area contributed by atoms with Crippen molar-refractivity contribution in [2.75, 3.05) is 13.3 Å². The quantitative estimate of drug-likeness (QED) is 0.518. The van der Waals surface area contributed by atoms with Crippen molar-refractivity contribution in [2.24, 2.45) is 5.73 Å². The lowest BCUT2D eigenvalue weighted by molar-refractivity contribution is 0.251. The average Bonchev–Trinajstić information content (AvgIpc) is 1.68. The van der Waals surface area contributed by atoms with Gasteiger partial charge in [-0.05, 0) is 6.42 Å². The number of alkyl halides is 1. The van der Waals surface area contributed by atoms with E-state index in [-0.39, 0.29) is 19.1 Å². The van der Waals surface area contributed by atoms with Crippen molar-refractivity contribution in [1.82, 2.24) is 0 Å². The lowest BCUT2D eigenvalue weighted by atomic mass is 10.3. The standard InChI is InChI=1S/C4H10FNO/c5-2-1-4(6)3-7/h4,7H,1-3,6H2/t4-/m1/s1. The molecule has 0 amide bonds. The molecule has 0 aliphatic carbocycles. The van der Waals surface area contributed by atoms with Gasteiger partial charge in [0.05, 0.1) is 13.3 Å². The van der Waals surface area contributed by atoms with Crippen molar-refractivity contribution in [1.29, 1.82) is 0 Å². The molecule has 0 saturated heterocycles. The zero-order chi connectivity index (χ0) is 5.70. The molecular formula is C4H10FNO. The van der Waals surface area contributed by atoms with Gasteiger partial charge in [0.1, 0.15) is 0 Å². The first kappa shape index (κ1) is 6.85. The first-order valence-electron chi connectivity index (χ1n) is 2.23. The molecule has 7 heavy (non-hydrogen) atoms. The van der Waals surface area contributed by atoms with Crippen LogP contribution in [0.15, 0.2) is 0 Å². The molecule has 0 aliphatic rings. The highest BCUT2D eigenvalue weighted by Gasteiger charge is 1.95. The Labute approximate surface area is 42.1 Å². The second-order valence-corrected chi connectivity index (χ2v) is 1.42. The zero-order valence-electron chi connectivity index (χ0n) is 4.10. The average molecular weight is 107 g/mol. The summed E-state index contributed by atoms with van der Waals surface area (Å²) in [5.41, 5.74) is 5.09. The molecule has 0 unspecified atom stereocenters. The van der Waals surface area contributed by atoms with Gasteiger partial charge < -0.3 is 10.8 Å². The zero-order valence-corrected chi connectivity index (χ0v) is 4.10. The Morgan fingerprint density at radius 2 is 2.29 bits per heavy atom. The van der Waals surface area contributed by atoms with Crippen LogP contribution in [0.4, 0.5) is 4.39 Å². The third kappa shape index (κ3) is 3.69. The van der Waals surface area contributed by atoms with Gasteiger partial charge in [-0.2, -0.15) is 0 Å². The molecule has 0 aromatic carbocycles. The Bertz CT molecular complexity index is 42.7. The third-order valence-electron chi connectivity index (χ3n) is 0.714. The number of rotatable bonds is 3. The molecule has 3 N–H and O–H groups in total. The van der Waals surface area contributed by atoms with Crippen LogP contribution in [0, 0.1) is 0 Å². The van der Waals surface area contributed by atoms with E-state index in [2.05, 4.69) is 0 Å². The number of nitrogens with two attached hydrogens (primary N) is 1. The van der Waals surface area contributed by atoms with Gasteiger partial charge in [-0.15, -0.1) is 0 Å². The van der Waals surface area contributed by atoms with Gasteiger partial charge >= 0.3 is 0 Å². The van der Waals surface area contributed by atoms with E-state index in [1.165, 1.54) is 0 Å². The molecule has 3 heteroatoms. The van der Waals surface area contributed by atoms with Crippen LogP contribution < -0.4 is 5.73 Å². The number of hydrogen-bond acceptors (Lipinski definition) is 2. The van der Waals surface area contributed by atoms with Crippen molar-refractivity contribution in [3.63, 3.8) is 0 Å². The molecule has 0 bridgehead atoms. The van der Waals surface area contributed by atoms with Crippen molar-refractivity contribution in [2.45, 2.75) is 12.5 Å². The van der Waals surface area contributed by atoms with Gasteiger partial charge in [0.25, 0.3) is 0 Å². The Morgan fingerprint density at radius 3 is 2.43 bits per heavy atom. The molecule has 0 spiro atoms. The van der Waals surface area contributed by atoms with Crippen LogP contribution in [0.2, 0.25) is 0 Å². The van der Waals surface area contributed by atoms with E-state index in [9.17, 15) is 4.39 Å². The Morgan fingerprint density at radius 1 is 1.71 bits per heavy atom. The lowest BCUT2D eigenvalue weighted by Gasteiger charge is -2.00. The molecule has 0 fully saturated rings. The molecule has 1 atom stereocenters. The van der Waals surface area contributed by atoms with Crippen LogP contribution in [0.25, 0.3) is 0 Å². The SMILES string of the molecule is N[C@@H](CO)CCF. The van der Waals surface area contributed by atoms with Gasteiger partial charge in [-0.25, -0.2) is 0 Å². The highest BCUT2D eigenvalue weighted by Crippen LogP contribution is 1.84. The van der Waals surface area contributed by atoms with Gasteiger partial charge in [0, 0.05) is 6.04 Å². The van der Waals surface area contributed by atoms with Crippen LogP contribution >= 0.6 is 0 Å². The highest BCUT2D eigenvalue weighted by atomic mass is 19.1. The van der Waals surface area contributed by atoms with E-state index < -0.39 is 6.67 Å². The van der Waals surface area contributed by atoms with Crippen LogP contribution in [0.1, 0.15) is 6.42 Å². The summed E-state index contributed by atoms with van der Waals surface area (Å²) in [5, 5.41) is 8.17. The van der Waals surface area contributed by atoms with E-state index in [4.69, 9.17) is 10.8 Å². The third-order valence-corrected chi connectivity index (χ3v) is 0.714. The Balaban J connectivity index is 2.83. The summed E-state index contributed by atoms with van der Waals surface area (Å²) in [6, 6.07) is -0.370. The Kier molecular flexibility index (Phi) is 3.93. The minimum atomic E-state index is -0.443. The minimum Gasteiger partial charge on any atom is -0.395 e. The maximum Gasteiger partial charge on any atom is 0.0910 e. The topological polar surface area (TPSA) is 46.2 Å². The smallest absolute Gasteiger partial charge is 0.0910 e. The molecule has 0 aliphatic heterocycles.